The number of unbranched alkanes of at least 4 members (excludes halogenated alkanes) is 1. The highest BCUT2D eigenvalue weighted by Crippen LogP contribution is 2.38. The molecule has 0 fully saturated rings. The smallest absolute Gasteiger partial charge is 0.102 e. The van der Waals surface area contributed by atoms with Gasteiger partial charge in [0, 0.05) is 0 Å². The average molecular weight is 337 g/mol. The summed E-state index contributed by atoms with van der Waals surface area (Å²) in [5, 5.41) is 0. The molecular weight excluding hydrogens is 315 g/mol. The van der Waals surface area contributed by atoms with E-state index in [0.717, 1.165) is 18.4 Å². The monoisotopic (exact) mass is 337 g/mol. The molecule has 0 saturated heterocycles. The fraction of sp³-hybridized carbons (Fsp3) is 0.692. The Hall–Kier alpha value is -0.460. The van der Waals surface area contributed by atoms with E-state index in [4.69, 9.17) is 0 Å². The summed E-state index contributed by atoms with van der Waals surface area (Å²) in [6.45, 7) is 5.94. The Labute approximate surface area is 126 Å². The van der Waals surface area contributed by atoms with E-state index >= 15 is 0 Å². The summed E-state index contributed by atoms with van der Waals surface area (Å²) in [4.78, 5) is 19.2. The molecule has 0 aromatic heterocycles. The molecule has 124 valence electrons. The normalized spacial score (nSPS) is 14.9. The second-order valence-electron chi connectivity index (χ2n) is 5.29. The summed E-state index contributed by atoms with van der Waals surface area (Å²) < 4.78 is 43.1. The number of allylic oxidation sites excluding steroid dienone is 4. The molecule has 8 heteroatoms. The van der Waals surface area contributed by atoms with Crippen molar-refractivity contribution in [2.75, 3.05) is 0 Å². The van der Waals surface area contributed by atoms with Crippen LogP contribution in [0.5, 0.6) is 0 Å². The van der Waals surface area contributed by atoms with Crippen LogP contribution in [-0.2, 0) is 14.7 Å². The third kappa shape index (κ3) is 9.98. The Balaban J connectivity index is 4.35. The van der Waals surface area contributed by atoms with Crippen molar-refractivity contribution >= 4 is 17.7 Å². The van der Waals surface area contributed by atoms with Crippen LogP contribution in [0.25, 0.3) is 0 Å². The van der Waals surface area contributed by atoms with E-state index in [9.17, 15) is 27.3 Å². The predicted molar refractivity (Wildman–Crippen MR) is 77.4 cm³/mol. The van der Waals surface area contributed by atoms with Crippen LogP contribution in [-0.4, -0.2) is 18.0 Å². The van der Waals surface area contributed by atoms with Gasteiger partial charge in [0.05, 0.1) is 4.99 Å². The van der Waals surface area contributed by atoms with Crippen LogP contribution < -0.4 is 9.79 Å². The van der Waals surface area contributed by atoms with Gasteiger partial charge in [-0.2, -0.15) is 0 Å². The van der Waals surface area contributed by atoms with Crippen molar-refractivity contribution in [1.29, 1.82) is 0 Å². The van der Waals surface area contributed by atoms with E-state index in [1.165, 1.54) is 5.57 Å². The second kappa shape index (κ2) is 8.86. The van der Waals surface area contributed by atoms with E-state index < -0.39 is 29.1 Å². The summed E-state index contributed by atoms with van der Waals surface area (Å²) >= 11 is 0. The van der Waals surface area contributed by atoms with Gasteiger partial charge in [0.2, 0.25) is 0 Å². The van der Waals surface area contributed by atoms with Crippen molar-refractivity contribution in [2.45, 2.75) is 57.9 Å². The van der Waals surface area contributed by atoms with Gasteiger partial charge in [0.1, 0.15) is 10.1 Å². The molecule has 0 spiro atoms. The molecule has 1 atom stereocenters. The summed E-state index contributed by atoms with van der Waals surface area (Å²) in [6, 6.07) is 0. The van der Waals surface area contributed by atoms with E-state index in [1.807, 2.05) is 26.8 Å². The fourth-order valence-electron chi connectivity index (χ4n) is 1.79. The lowest BCUT2D eigenvalue weighted by atomic mass is 10.1. The molecule has 0 bridgehead atoms. The number of hydrogen-bond donors (Lipinski definition) is 0. The maximum absolute atomic E-state index is 10.8. The summed E-state index contributed by atoms with van der Waals surface area (Å²) in [5.41, 5.74) is 2.33. The third-order valence-electron chi connectivity index (χ3n) is 2.93. The molecule has 0 aliphatic heterocycles. The Morgan fingerprint density at radius 2 is 1.71 bits per heavy atom. The van der Waals surface area contributed by atoms with Crippen molar-refractivity contribution in [2.24, 2.45) is 0 Å². The zero-order valence-electron chi connectivity index (χ0n) is 12.6. The molecule has 0 amide bonds. The Bertz CT molecular complexity index is 525. The minimum absolute atomic E-state index is 0.167. The van der Waals surface area contributed by atoms with Crippen molar-refractivity contribution in [3.63, 3.8) is 0 Å². The quantitative estimate of drug-likeness (QED) is 0.273. The van der Waals surface area contributed by atoms with Crippen molar-refractivity contribution < 1.29 is 27.3 Å². The molecule has 21 heavy (non-hydrogen) atoms. The van der Waals surface area contributed by atoms with Gasteiger partial charge in [0.25, 0.3) is 0 Å². The topological polar surface area (TPSA) is 120 Å². The molecule has 0 heterocycles. The lowest BCUT2D eigenvalue weighted by molar-refractivity contribution is -0.314. The van der Waals surface area contributed by atoms with Crippen molar-refractivity contribution in [3.05, 3.63) is 23.3 Å². The van der Waals surface area contributed by atoms with Crippen LogP contribution in [0, 0.1) is 0 Å². The summed E-state index contributed by atoms with van der Waals surface area (Å²) in [6.07, 6.45) is 5.88. The zero-order valence-corrected chi connectivity index (χ0v) is 14.3. The van der Waals surface area contributed by atoms with E-state index in [1.54, 1.807) is 0 Å². The molecule has 1 unspecified atom stereocenters. The predicted octanol–water partition coefficient (Wildman–Crippen LogP) is 1.63. The third-order valence-corrected chi connectivity index (χ3v) is 6.34. The Morgan fingerprint density at radius 1 is 1.14 bits per heavy atom. The van der Waals surface area contributed by atoms with Crippen molar-refractivity contribution in [3.8, 4) is 0 Å². The Morgan fingerprint density at radius 3 is 2.14 bits per heavy atom. The van der Waals surface area contributed by atoms with Crippen LogP contribution in [0.15, 0.2) is 23.3 Å². The van der Waals surface area contributed by atoms with Crippen LogP contribution in [0.1, 0.15) is 52.9 Å². The fourth-order valence-corrected chi connectivity index (χ4v) is 4.01. The first kappa shape index (κ1) is 20.5. The van der Waals surface area contributed by atoms with Gasteiger partial charge in [-0.1, -0.05) is 30.9 Å². The van der Waals surface area contributed by atoms with E-state index in [-0.39, 0.29) is 6.42 Å². The molecule has 0 aliphatic rings. The number of hydrogen-bond acceptors (Lipinski definition) is 6. The SMILES string of the molecule is CC(C)=CCC/C(C)=C/CCCC(P(=O)([O-])[O-])S(=O)(=O)[O-]. The van der Waals surface area contributed by atoms with Crippen LogP contribution in [0.2, 0.25) is 0 Å². The highest BCUT2D eigenvalue weighted by molar-refractivity contribution is 7.93. The van der Waals surface area contributed by atoms with Gasteiger partial charge in [-0.25, -0.2) is 8.42 Å². The van der Waals surface area contributed by atoms with Gasteiger partial charge in [-0.05, 0) is 52.9 Å². The Kier molecular flexibility index (Phi) is 8.66. The molecule has 0 radical (unpaired) electrons. The van der Waals surface area contributed by atoms with E-state index in [0.29, 0.717) is 6.42 Å². The number of rotatable bonds is 9. The maximum Gasteiger partial charge on any atom is 0.102 e. The first-order chi connectivity index (χ1) is 9.44. The average Bonchev–Trinajstić information content (AvgIpc) is 2.24. The second-order valence-corrected chi connectivity index (χ2v) is 8.90. The maximum atomic E-state index is 10.8. The highest BCUT2D eigenvalue weighted by atomic mass is 32.2. The minimum atomic E-state index is -5.42. The largest absolute Gasteiger partial charge is 0.810 e. The first-order valence-corrected chi connectivity index (χ1v) is 9.78. The lowest BCUT2D eigenvalue weighted by Gasteiger charge is -2.39. The molecule has 0 aromatic rings. The van der Waals surface area contributed by atoms with Gasteiger partial charge in [-0.15, -0.1) is 0 Å². The molecule has 0 N–H and O–H groups in total. The molecule has 0 aromatic carbocycles. The standard InChI is InChI=1S/C13H25O6PS/c1-11(2)7-6-9-12(3)8-4-5-10-13(20(14,15)16)21(17,18)19/h7-8,13H,4-6,9-10H2,1-3H3,(H2,14,15,16)(H,17,18,19)/p-3/b12-8+. The van der Waals surface area contributed by atoms with Crippen LogP contribution in [0.3, 0.4) is 0 Å². The molecular formula is C13H22O6PS-3. The molecule has 0 aliphatic carbocycles. The van der Waals surface area contributed by atoms with E-state index in [2.05, 4.69) is 6.08 Å². The summed E-state index contributed by atoms with van der Waals surface area (Å²) in [5.74, 6) is 0. The molecule has 0 saturated carbocycles. The zero-order chi connectivity index (χ0) is 16.7. The minimum Gasteiger partial charge on any atom is -0.810 e. The van der Waals surface area contributed by atoms with Gasteiger partial charge < -0.3 is 18.9 Å². The van der Waals surface area contributed by atoms with Crippen LogP contribution >= 0.6 is 7.60 Å². The highest BCUT2D eigenvalue weighted by Gasteiger charge is 2.19. The van der Waals surface area contributed by atoms with Crippen molar-refractivity contribution in [1.82, 2.24) is 0 Å². The van der Waals surface area contributed by atoms with Gasteiger partial charge >= 0.3 is 0 Å². The molecule has 0 rings (SSSR count). The summed E-state index contributed by atoms with van der Waals surface area (Å²) in [7, 11) is -10.5. The molecule has 6 nitrogen and oxygen atoms in total. The van der Waals surface area contributed by atoms with Gasteiger partial charge in [-0.3, -0.25) is 0 Å². The van der Waals surface area contributed by atoms with Gasteiger partial charge in [0.15, 0.2) is 0 Å². The first-order valence-electron chi connectivity index (χ1n) is 6.70. The van der Waals surface area contributed by atoms with Crippen LogP contribution in [0.4, 0.5) is 0 Å². The lowest BCUT2D eigenvalue weighted by Crippen LogP contribution is -2.32.